The molecule has 0 fully saturated rings. The van der Waals surface area contributed by atoms with Crippen LogP contribution in [0, 0.1) is 11.3 Å². The number of hydrogen-bond acceptors (Lipinski definition) is 6. The van der Waals surface area contributed by atoms with Crippen LogP contribution in [0.3, 0.4) is 0 Å². The van der Waals surface area contributed by atoms with Crippen LogP contribution >= 0.6 is 23.1 Å². The molecule has 2 aromatic carbocycles. The van der Waals surface area contributed by atoms with Gasteiger partial charge in [-0.05, 0) is 17.2 Å². The Kier molecular flexibility index (Phi) is 6.46. The molecule has 1 amide bonds. The van der Waals surface area contributed by atoms with E-state index >= 15 is 0 Å². The standard InChI is InChI=1S/C23H18N4O2S2/c24-11-12-25-20(28)15-30-23-26-18-13-19(17-9-5-2-6-10-17)31-21(18)22(29)27(23)14-16-7-3-1-4-8-16/h1-10,13H,12,14-15H2,(H,25,28). The predicted molar refractivity (Wildman–Crippen MR) is 124 cm³/mol. The average Bonchev–Trinajstić information content (AvgIpc) is 3.24. The number of aromatic nitrogens is 2. The van der Waals surface area contributed by atoms with Gasteiger partial charge in [-0.1, -0.05) is 72.4 Å². The summed E-state index contributed by atoms with van der Waals surface area (Å²) in [6.45, 7) is 0.316. The van der Waals surface area contributed by atoms with Crippen molar-refractivity contribution in [1.82, 2.24) is 14.9 Å². The number of carbonyl (C=O) groups is 1. The number of nitrogens with zero attached hydrogens (tertiary/aromatic N) is 3. The molecule has 31 heavy (non-hydrogen) atoms. The molecule has 0 unspecified atom stereocenters. The first-order chi connectivity index (χ1) is 15.2. The van der Waals surface area contributed by atoms with E-state index in [0.29, 0.717) is 21.9 Å². The van der Waals surface area contributed by atoms with E-state index in [-0.39, 0.29) is 23.8 Å². The minimum Gasteiger partial charge on any atom is -0.342 e. The molecule has 6 nitrogen and oxygen atoms in total. The number of nitriles is 1. The Morgan fingerprint density at radius 1 is 1.13 bits per heavy atom. The molecule has 0 spiro atoms. The number of rotatable bonds is 7. The predicted octanol–water partition coefficient (Wildman–Crippen LogP) is 3.91. The highest BCUT2D eigenvalue weighted by Gasteiger charge is 2.17. The summed E-state index contributed by atoms with van der Waals surface area (Å²) >= 11 is 2.62. The molecule has 2 aromatic heterocycles. The number of nitrogens with one attached hydrogen (secondary N) is 1. The monoisotopic (exact) mass is 446 g/mol. The summed E-state index contributed by atoms with van der Waals surface area (Å²) < 4.78 is 2.21. The largest absolute Gasteiger partial charge is 0.342 e. The van der Waals surface area contributed by atoms with Crippen molar-refractivity contribution < 1.29 is 4.79 Å². The third kappa shape index (κ3) is 4.85. The second-order valence-corrected chi connectivity index (χ2v) is 8.68. The van der Waals surface area contributed by atoms with E-state index in [2.05, 4.69) is 5.32 Å². The Balaban J connectivity index is 1.75. The van der Waals surface area contributed by atoms with Crippen molar-refractivity contribution in [2.45, 2.75) is 11.7 Å². The smallest absolute Gasteiger partial charge is 0.272 e. The summed E-state index contributed by atoms with van der Waals surface area (Å²) in [6, 6.07) is 23.4. The summed E-state index contributed by atoms with van der Waals surface area (Å²) in [5, 5.41) is 11.6. The van der Waals surface area contributed by atoms with Crippen molar-refractivity contribution in [3.8, 4) is 16.5 Å². The van der Waals surface area contributed by atoms with Crippen LogP contribution in [0.1, 0.15) is 5.56 Å². The minimum absolute atomic E-state index is 0.0480. The molecular weight excluding hydrogens is 428 g/mol. The number of carbonyl (C=O) groups excluding carboxylic acids is 1. The zero-order chi connectivity index (χ0) is 21.6. The van der Waals surface area contributed by atoms with E-state index < -0.39 is 0 Å². The number of benzene rings is 2. The molecular formula is C23H18N4O2S2. The first-order valence-electron chi connectivity index (χ1n) is 9.56. The molecule has 0 saturated carbocycles. The fourth-order valence-electron chi connectivity index (χ4n) is 3.07. The van der Waals surface area contributed by atoms with E-state index in [9.17, 15) is 9.59 Å². The molecule has 0 aliphatic carbocycles. The number of thiophene rings is 1. The van der Waals surface area contributed by atoms with E-state index in [0.717, 1.165) is 16.0 Å². The Bertz CT molecular complexity index is 1310. The van der Waals surface area contributed by atoms with Gasteiger partial charge in [0.1, 0.15) is 11.2 Å². The minimum atomic E-state index is -0.276. The first-order valence-corrected chi connectivity index (χ1v) is 11.4. The molecule has 8 heteroatoms. The third-order valence-electron chi connectivity index (χ3n) is 4.54. The van der Waals surface area contributed by atoms with Crippen molar-refractivity contribution in [3.05, 3.63) is 82.6 Å². The first kappa shape index (κ1) is 20.8. The Morgan fingerprint density at radius 3 is 2.55 bits per heavy atom. The van der Waals surface area contributed by atoms with Crippen molar-refractivity contribution in [2.24, 2.45) is 0 Å². The lowest BCUT2D eigenvalue weighted by Crippen LogP contribution is -2.27. The molecule has 0 saturated heterocycles. The average molecular weight is 447 g/mol. The van der Waals surface area contributed by atoms with Gasteiger partial charge in [0, 0.05) is 4.88 Å². The van der Waals surface area contributed by atoms with Crippen molar-refractivity contribution in [3.63, 3.8) is 0 Å². The lowest BCUT2D eigenvalue weighted by Gasteiger charge is -2.12. The molecule has 0 radical (unpaired) electrons. The molecule has 4 rings (SSSR count). The van der Waals surface area contributed by atoms with Gasteiger partial charge in [-0.3, -0.25) is 14.2 Å². The van der Waals surface area contributed by atoms with E-state index in [1.807, 2.05) is 72.8 Å². The second kappa shape index (κ2) is 9.60. The van der Waals surface area contributed by atoms with Crippen LogP contribution in [0.5, 0.6) is 0 Å². The molecule has 2 heterocycles. The molecule has 4 aromatic rings. The zero-order valence-corrected chi connectivity index (χ0v) is 18.1. The molecule has 154 valence electrons. The molecule has 0 atom stereocenters. The van der Waals surface area contributed by atoms with Gasteiger partial charge in [0.25, 0.3) is 5.56 Å². The van der Waals surface area contributed by atoms with Crippen LogP contribution in [0.15, 0.2) is 76.7 Å². The maximum Gasteiger partial charge on any atom is 0.272 e. The van der Waals surface area contributed by atoms with Gasteiger partial charge in [-0.2, -0.15) is 5.26 Å². The lowest BCUT2D eigenvalue weighted by molar-refractivity contribution is -0.118. The number of thioether (sulfide) groups is 1. The van der Waals surface area contributed by atoms with E-state index in [4.69, 9.17) is 10.2 Å². The van der Waals surface area contributed by atoms with Crippen LogP contribution in [-0.2, 0) is 11.3 Å². The van der Waals surface area contributed by atoms with Gasteiger partial charge in [0.15, 0.2) is 5.16 Å². The van der Waals surface area contributed by atoms with E-state index in [1.165, 1.54) is 23.1 Å². The second-order valence-electron chi connectivity index (χ2n) is 6.69. The van der Waals surface area contributed by atoms with Gasteiger partial charge in [-0.25, -0.2) is 4.98 Å². The van der Waals surface area contributed by atoms with Crippen LogP contribution < -0.4 is 10.9 Å². The highest BCUT2D eigenvalue weighted by molar-refractivity contribution is 7.99. The van der Waals surface area contributed by atoms with Gasteiger partial charge < -0.3 is 5.32 Å². The summed E-state index contributed by atoms with van der Waals surface area (Å²) in [4.78, 5) is 31.1. The van der Waals surface area contributed by atoms with Crippen molar-refractivity contribution in [1.29, 1.82) is 5.26 Å². The number of hydrogen-bond donors (Lipinski definition) is 1. The van der Waals surface area contributed by atoms with Crippen LogP contribution in [0.4, 0.5) is 0 Å². The maximum atomic E-state index is 13.4. The summed E-state index contributed by atoms with van der Waals surface area (Å²) in [5.41, 5.74) is 2.50. The van der Waals surface area contributed by atoms with Gasteiger partial charge in [0.2, 0.25) is 5.91 Å². The molecule has 1 N–H and O–H groups in total. The van der Waals surface area contributed by atoms with Crippen LogP contribution in [0.25, 0.3) is 20.7 Å². The summed E-state index contributed by atoms with van der Waals surface area (Å²) in [7, 11) is 0. The number of fused-ring (bicyclic) bond motifs is 1. The van der Waals surface area contributed by atoms with Gasteiger partial charge in [-0.15, -0.1) is 11.3 Å². The fourth-order valence-corrected chi connectivity index (χ4v) is 4.95. The van der Waals surface area contributed by atoms with Crippen molar-refractivity contribution >= 4 is 39.2 Å². The summed E-state index contributed by atoms with van der Waals surface area (Å²) in [5.74, 6) is -0.202. The van der Waals surface area contributed by atoms with Crippen molar-refractivity contribution in [2.75, 3.05) is 12.3 Å². The van der Waals surface area contributed by atoms with Gasteiger partial charge in [0.05, 0.1) is 23.9 Å². The topological polar surface area (TPSA) is 87.8 Å². The third-order valence-corrected chi connectivity index (χ3v) is 6.68. The molecule has 0 aliphatic rings. The number of amides is 1. The van der Waals surface area contributed by atoms with Crippen LogP contribution in [0.2, 0.25) is 0 Å². The Morgan fingerprint density at radius 2 is 1.84 bits per heavy atom. The van der Waals surface area contributed by atoms with Crippen LogP contribution in [-0.4, -0.2) is 27.8 Å². The lowest BCUT2D eigenvalue weighted by atomic mass is 10.2. The Hall–Kier alpha value is -3.41. The van der Waals surface area contributed by atoms with E-state index in [1.54, 1.807) is 4.57 Å². The SMILES string of the molecule is N#CCNC(=O)CSc1nc2cc(-c3ccccc3)sc2c(=O)n1Cc1ccccc1. The Labute approximate surface area is 187 Å². The van der Waals surface area contributed by atoms with Gasteiger partial charge >= 0.3 is 0 Å². The highest BCUT2D eigenvalue weighted by atomic mass is 32.2. The highest BCUT2D eigenvalue weighted by Crippen LogP contribution is 2.32. The summed E-state index contributed by atoms with van der Waals surface area (Å²) in [6.07, 6.45) is 0. The maximum absolute atomic E-state index is 13.4. The quantitative estimate of drug-likeness (QED) is 0.264. The molecule has 0 bridgehead atoms. The molecule has 0 aliphatic heterocycles. The normalized spacial score (nSPS) is 10.7. The fraction of sp³-hybridized carbons (Fsp3) is 0.130. The zero-order valence-electron chi connectivity index (χ0n) is 16.4.